The van der Waals surface area contributed by atoms with Gasteiger partial charge >= 0.3 is 0 Å². The third-order valence-corrected chi connectivity index (χ3v) is 5.24. The summed E-state index contributed by atoms with van der Waals surface area (Å²) < 4.78 is 5.40. The average Bonchev–Trinajstić information content (AvgIpc) is 2.71. The topological polar surface area (TPSA) is 110 Å². The van der Waals surface area contributed by atoms with Gasteiger partial charge in [0, 0.05) is 11.1 Å². The van der Waals surface area contributed by atoms with E-state index in [4.69, 9.17) is 11.2 Å². The van der Waals surface area contributed by atoms with E-state index in [1.807, 2.05) is 31.2 Å². The molecule has 2 aromatic rings. The lowest BCUT2D eigenvalue weighted by Gasteiger charge is -2.45. The molecule has 0 saturated carbocycles. The maximum Gasteiger partial charge on any atom is 0.222 e. The van der Waals surface area contributed by atoms with Crippen molar-refractivity contribution in [2.75, 3.05) is 6.61 Å². The highest BCUT2D eigenvalue weighted by molar-refractivity contribution is 5.40. The fourth-order valence-corrected chi connectivity index (χ4v) is 3.42. The number of aryl methyl sites for hydroxylation is 1. The fourth-order valence-electron chi connectivity index (χ4n) is 3.42. The van der Waals surface area contributed by atoms with Crippen LogP contribution in [-0.2, 0) is 16.9 Å². The molecule has 3 rings (SSSR count). The SMILES string of the molecule is C#Cc1ccc(Cc2cc([C@]3(O)O[C@H](CO)[C@@H](O)[C@H](O)[C@H]3O)ccc2C)cc1. The summed E-state index contributed by atoms with van der Waals surface area (Å²) in [7, 11) is 0. The van der Waals surface area contributed by atoms with Gasteiger partial charge in [-0.05, 0) is 48.2 Å². The van der Waals surface area contributed by atoms with Crippen LogP contribution in [-0.4, -0.2) is 56.6 Å². The molecule has 1 saturated heterocycles. The van der Waals surface area contributed by atoms with Crippen LogP contribution < -0.4 is 0 Å². The molecule has 1 aliphatic rings. The standard InChI is InChI=1S/C22H24O6/c1-3-14-5-7-15(8-6-14)10-16-11-17(9-4-13(16)2)22(27)21(26)20(25)19(24)18(12-23)28-22/h1,4-9,11,18-21,23-27H,10,12H2,2H3/t18-,19-,20+,21-,22+/m1/s1. The van der Waals surface area contributed by atoms with Gasteiger partial charge in [0.2, 0.25) is 5.79 Å². The molecule has 6 heteroatoms. The summed E-state index contributed by atoms with van der Waals surface area (Å²) in [5.74, 6) is 0.305. The number of hydrogen-bond acceptors (Lipinski definition) is 6. The number of hydrogen-bond donors (Lipinski definition) is 5. The normalized spacial score (nSPS) is 30.0. The first kappa shape index (κ1) is 20.5. The maximum absolute atomic E-state index is 11.0. The highest BCUT2D eigenvalue weighted by Gasteiger charge is 2.53. The third kappa shape index (κ3) is 3.69. The predicted octanol–water partition coefficient (Wildman–Crippen LogP) is 0.186. The Balaban J connectivity index is 1.94. The Morgan fingerprint density at radius 1 is 1.07 bits per heavy atom. The first-order chi connectivity index (χ1) is 13.3. The van der Waals surface area contributed by atoms with Crippen LogP contribution in [0.2, 0.25) is 0 Å². The Bertz CT molecular complexity index is 870. The summed E-state index contributed by atoms with van der Waals surface area (Å²) >= 11 is 0. The summed E-state index contributed by atoms with van der Waals surface area (Å²) in [4.78, 5) is 0. The molecule has 0 unspecified atom stereocenters. The van der Waals surface area contributed by atoms with Gasteiger partial charge in [-0.2, -0.15) is 0 Å². The van der Waals surface area contributed by atoms with Crippen molar-refractivity contribution in [1.82, 2.24) is 0 Å². The molecule has 0 radical (unpaired) electrons. The second-order valence-corrected chi connectivity index (χ2v) is 7.12. The van der Waals surface area contributed by atoms with Crippen LogP contribution in [0.1, 0.15) is 27.8 Å². The molecule has 28 heavy (non-hydrogen) atoms. The third-order valence-electron chi connectivity index (χ3n) is 5.24. The van der Waals surface area contributed by atoms with Crippen molar-refractivity contribution < 1.29 is 30.3 Å². The Morgan fingerprint density at radius 2 is 1.75 bits per heavy atom. The molecule has 0 bridgehead atoms. The lowest BCUT2D eigenvalue weighted by Crippen LogP contribution is -2.63. The summed E-state index contributed by atoms with van der Waals surface area (Å²) in [5.41, 5.74) is 3.88. The minimum atomic E-state index is -2.26. The van der Waals surface area contributed by atoms with Crippen molar-refractivity contribution in [3.05, 3.63) is 70.3 Å². The van der Waals surface area contributed by atoms with Gasteiger partial charge in [-0.25, -0.2) is 0 Å². The Kier molecular flexibility index (Phi) is 5.87. The number of aliphatic hydroxyl groups is 5. The van der Waals surface area contributed by atoms with Crippen LogP contribution in [0.25, 0.3) is 0 Å². The van der Waals surface area contributed by atoms with Crippen molar-refractivity contribution >= 4 is 0 Å². The van der Waals surface area contributed by atoms with Gasteiger partial charge in [0.15, 0.2) is 0 Å². The summed E-state index contributed by atoms with van der Waals surface area (Å²) in [6.45, 7) is 1.31. The second-order valence-electron chi connectivity index (χ2n) is 7.12. The first-order valence-electron chi connectivity index (χ1n) is 9.01. The van der Waals surface area contributed by atoms with E-state index >= 15 is 0 Å². The van der Waals surface area contributed by atoms with Crippen LogP contribution in [0.5, 0.6) is 0 Å². The molecule has 0 spiro atoms. The molecular formula is C22H24O6. The van der Waals surface area contributed by atoms with E-state index in [-0.39, 0.29) is 5.56 Å². The van der Waals surface area contributed by atoms with E-state index in [0.29, 0.717) is 6.42 Å². The van der Waals surface area contributed by atoms with Crippen LogP contribution in [0.3, 0.4) is 0 Å². The van der Waals surface area contributed by atoms with Gasteiger partial charge in [-0.3, -0.25) is 0 Å². The lowest BCUT2D eigenvalue weighted by molar-refractivity contribution is -0.357. The van der Waals surface area contributed by atoms with Crippen LogP contribution in [0.4, 0.5) is 0 Å². The molecule has 1 fully saturated rings. The van der Waals surface area contributed by atoms with Gasteiger partial charge in [0.25, 0.3) is 0 Å². The van der Waals surface area contributed by atoms with E-state index in [1.54, 1.807) is 18.2 Å². The Morgan fingerprint density at radius 3 is 2.36 bits per heavy atom. The summed E-state index contributed by atoms with van der Waals surface area (Å²) in [6.07, 6.45) is -0.258. The number of terminal acetylenes is 1. The summed E-state index contributed by atoms with van der Waals surface area (Å²) in [5, 5.41) is 50.7. The van der Waals surface area contributed by atoms with E-state index < -0.39 is 36.8 Å². The Hall–Kier alpha value is -2.24. The van der Waals surface area contributed by atoms with Gasteiger partial charge in [-0.15, -0.1) is 6.42 Å². The van der Waals surface area contributed by atoms with Gasteiger partial charge in [0.05, 0.1) is 6.61 Å². The maximum atomic E-state index is 11.0. The summed E-state index contributed by atoms with van der Waals surface area (Å²) in [6, 6.07) is 12.6. The minimum Gasteiger partial charge on any atom is -0.394 e. The smallest absolute Gasteiger partial charge is 0.222 e. The molecule has 0 amide bonds. The molecule has 2 aromatic carbocycles. The quantitative estimate of drug-likeness (QED) is 0.481. The average molecular weight is 384 g/mol. The van der Waals surface area contributed by atoms with Gasteiger partial charge < -0.3 is 30.3 Å². The minimum absolute atomic E-state index is 0.227. The number of rotatable bonds is 4. The molecule has 5 atom stereocenters. The van der Waals surface area contributed by atoms with Crippen molar-refractivity contribution in [2.24, 2.45) is 0 Å². The molecule has 5 N–H and O–H groups in total. The van der Waals surface area contributed by atoms with Crippen LogP contribution in [0.15, 0.2) is 42.5 Å². The second kappa shape index (κ2) is 8.02. The van der Waals surface area contributed by atoms with E-state index in [0.717, 1.165) is 22.3 Å². The zero-order valence-corrected chi connectivity index (χ0v) is 15.5. The zero-order chi connectivity index (χ0) is 20.5. The number of benzene rings is 2. The van der Waals surface area contributed by atoms with Crippen LogP contribution in [0, 0.1) is 19.3 Å². The molecule has 6 nitrogen and oxygen atoms in total. The fraction of sp³-hybridized carbons (Fsp3) is 0.364. The monoisotopic (exact) mass is 384 g/mol. The molecular weight excluding hydrogens is 360 g/mol. The molecule has 1 aliphatic heterocycles. The largest absolute Gasteiger partial charge is 0.394 e. The number of aliphatic hydroxyl groups excluding tert-OH is 4. The van der Waals surface area contributed by atoms with Crippen LogP contribution >= 0.6 is 0 Å². The first-order valence-corrected chi connectivity index (χ1v) is 9.01. The zero-order valence-electron chi connectivity index (χ0n) is 15.5. The highest BCUT2D eigenvalue weighted by Crippen LogP contribution is 2.37. The van der Waals surface area contributed by atoms with E-state index in [1.165, 1.54) is 0 Å². The molecule has 148 valence electrons. The van der Waals surface area contributed by atoms with Crippen molar-refractivity contribution in [2.45, 2.75) is 43.5 Å². The molecule has 0 aliphatic carbocycles. The predicted molar refractivity (Wildman–Crippen MR) is 102 cm³/mol. The molecule has 1 heterocycles. The lowest BCUT2D eigenvalue weighted by atomic mass is 9.86. The number of ether oxygens (including phenoxy) is 1. The Labute approximate surface area is 163 Å². The van der Waals surface area contributed by atoms with E-state index in [2.05, 4.69) is 5.92 Å². The van der Waals surface area contributed by atoms with Crippen molar-refractivity contribution in [3.63, 3.8) is 0 Å². The molecule has 0 aromatic heterocycles. The van der Waals surface area contributed by atoms with Crippen molar-refractivity contribution in [3.8, 4) is 12.3 Å². The van der Waals surface area contributed by atoms with Gasteiger partial charge in [0.1, 0.15) is 24.4 Å². The van der Waals surface area contributed by atoms with Crippen molar-refractivity contribution in [1.29, 1.82) is 0 Å². The van der Waals surface area contributed by atoms with E-state index in [9.17, 15) is 25.5 Å². The highest BCUT2D eigenvalue weighted by atomic mass is 16.7. The van der Waals surface area contributed by atoms with Gasteiger partial charge in [-0.1, -0.05) is 30.2 Å².